The van der Waals surface area contributed by atoms with E-state index in [0.29, 0.717) is 6.54 Å². The van der Waals surface area contributed by atoms with Gasteiger partial charge < -0.3 is 10.2 Å². The number of benzene rings is 2. The van der Waals surface area contributed by atoms with Crippen molar-refractivity contribution in [1.29, 1.82) is 0 Å². The molecular weight excluding hydrogens is 435 g/mol. The van der Waals surface area contributed by atoms with Gasteiger partial charge in [-0.1, -0.05) is 53.0 Å². The molecule has 0 bridgehead atoms. The van der Waals surface area contributed by atoms with Crippen molar-refractivity contribution in [2.45, 2.75) is 57.7 Å². The van der Waals surface area contributed by atoms with Crippen molar-refractivity contribution in [2.75, 3.05) is 0 Å². The number of nitrogens with zero attached hydrogens (tertiary/aromatic N) is 1. The summed E-state index contributed by atoms with van der Waals surface area (Å²) in [5, 5.41) is 3.09. The molecule has 3 rings (SSSR count). The van der Waals surface area contributed by atoms with Crippen LogP contribution in [0, 0.1) is 5.82 Å². The number of hydrogen-bond acceptors (Lipinski definition) is 2. The number of hydrogen-bond donors (Lipinski definition) is 1. The van der Waals surface area contributed by atoms with Crippen LogP contribution in [0.5, 0.6) is 0 Å². The average molecular weight is 461 g/mol. The topological polar surface area (TPSA) is 49.4 Å². The van der Waals surface area contributed by atoms with E-state index in [0.717, 1.165) is 41.3 Å². The smallest absolute Gasteiger partial charge is 0.242 e. The van der Waals surface area contributed by atoms with Gasteiger partial charge in [-0.15, -0.1) is 0 Å². The van der Waals surface area contributed by atoms with E-state index in [1.54, 1.807) is 24.0 Å². The molecule has 0 unspecified atom stereocenters. The van der Waals surface area contributed by atoms with Crippen molar-refractivity contribution >= 4 is 27.7 Å². The third-order valence-electron chi connectivity index (χ3n) is 5.40. The predicted octanol–water partition coefficient (Wildman–Crippen LogP) is 4.61. The van der Waals surface area contributed by atoms with Gasteiger partial charge in [-0.05, 0) is 55.2 Å². The molecule has 1 atom stereocenters. The molecule has 1 saturated carbocycles. The zero-order valence-corrected chi connectivity index (χ0v) is 18.1. The highest BCUT2D eigenvalue weighted by molar-refractivity contribution is 9.10. The van der Waals surface area contributed by atoms with E-state index in [-0.39, 0.29) is 30.1 Å². The molecule has 0 saturated heterocycles. The summed E-state index contributed by atoms with van der Waals surface area (Å²) in [6.07, 6.45) is 4.37. The van der Waals surface area contributed by atoms with Crippen molar-refractivity contribution in [3.63, 3.8) is 0 Å². The zero-order chi connectivity index (χ0) is 20.8. The molecule has 2 amide bonds. The molecule has 0 spiro atoms. The van der Waals surface area contributed by atoms with Gasteiger partial charge in [0.25, 0.3) is 0 Å². The second-order valence-electron chi connectivity index (χ2n) is 7.62. The Labute approximate surface area is 179 Å². The minimum Gasteiger partial charge on any atom is -0.352 e. The minimum atomic E-state index is -0.591. The van der Waals surface area contributed by atoms with Gasteiger partial charge in [0.05, 0.1) is 6.42 Å². The van der Waals surface area contributed by atoms with Crippen molar-refractivity contribution in [1.82, 2.24) is 10.2 Å². The maximum absolute atomic E-state index is 13.2. The molecule has 1 N–H and O–H groups in total. The maximum Gasteiger partial charge on any atom is 0.242 e. The number of carbonyl (C=O) groups is 2. The molecule has 1 aliphatic carbocycles. The van der Waals surface area contributed by atoms with Crippen LogP contribution in [0.2, 0.25) is 0 Å². The normalized spacial score (nSPS) is 15.1. The lowest BCUT2D eigenvalue weighted by Gasteiger charge is -2.30. The van der Waals surface area contributed by atoms with Gasteiger partial charge >= 0.3 is 0 Å². The summed E-state index contributed by atoms with van der Waals surface area (Å²) in [5.74, 6) is -0.618. The fourth-order valence-corrected chi connectivity index (χ4v) is 3.90. The Hall–Kier alpha value is -2.21. The lowest BCUT2D eigenvalue weighted by Crippen LogP contribution is -2.50. The summed E-state index contributed by atoms with van der Waals surface area (Å²) in [5.41, 5.74) is 1.67. The Morgan fingerprint density at radius 2 is 1.66 bits per heavy atom. The van der Waals surface area contributed by atoms with Crippen LogP contribution in [0.1, 0.15) is 43.7 Å². The van der Waals surface area contributed by atoms with Crippen LogP contribution in [0.3, 0.4) is 0 Å². The molecule has 154 valence electrons. The van der Waals surface area contributed by atoms with Crippen LogP contribution < -0.4 is 5.32 Å². The fraction of sp³-hybridized carbons (Fsp3) is 0.391. The first kappa shape index (κ1) is 21.5. The number of rotatable bonds is 7. The highest BCUT2D eigenvalue weighted by Gasteiger charge is 2.28. The van der Waals surface area contributed by atoms with E-state index < -0.39 is 6.04 Å². The Morgan fingerprint density at radius 1 is 1.07 bits per heavy atom. The zero-order valence-electron chi connectivity index (χ0n) is 16.5. The molecule has 6 heteroatoms. The first-order chi connectivity index (χ1) is 13.9. The van der Waals surface area contributed by atoms with Gasteiger partial charge in [-0.2, -0.15) is 0 Å². The van der Waals surface area contributed by atoms with Crippen LogP contribution >= 0.6 is 15.9 Å². The molecular formula is C23H26BrFN2O2. The third-order valence-corrected chi connectivity index (χ3v) is 5.93. The molecule has 0 aliphatic heterocycles. The van der Waals surface area contributed by atoms with Crippen molar-refractivity contribution in [3.8, 4) is 0 Å². The van der Waals surface area contributed by atoms with E-state index in [4.69, 9.17) is 0 Å². The first-order valence-electron chi connectivity index (χ1n) is 10.0. The maximum atomic E-state index is 13.2. The Balaban J connectivity index is 1.75. The van der Waals surface area contributed by atoms with Gasteiger partial charge in [0.15, 0.2) is 0 Å². The Bertz CT molecular complexity index is 833. The number of amides is 2. The third kappa shape index (κ3) is 6.13. The lowest BCUT2D eigenvalue weighted by atomic mass is 10.1. The lowest BCUT2D eigenvalue weighted by molar-refractivity contribution is -0.140. The number of carbonyl (C=O) groups excluding carboxylic acids is 2. The highest BCUT2D eigenvalue weighted by Crippen LogP contribution is 2.19. The summed E-state index contributed by atoms with van der Waals surface area (Å²) in [6, 6.07) is 13.2. The van der Waals surface area contributed by atoms with Crippen LogP contribution in [0.4, 0.5) is 4.39 Å². The molecule has 29 heavy (non-hydrogen) atoms. The minimum absolute atomic E-state index is 0.123. The first-order valence-corrected chi connectivity index (χ1v) is 10.8. The second-order valence-corrected chi connectivity index (χ2v) is 8.53. The van der Waals surface area contributed by atoms with Gasteiger partial charge in [-0.25, -0.2) is 4.39 Å². The molecule has 4 nitrogen and oxygen atoms in total. The summed E-state index contributed by atoms with van der Waals surface area (Å²) in [7, 11) is 0. The highest BCUT2D eigenvalue weighted by atomic mass is 79.9. The van der Waals surface area contributed by atoms with E-state index in [2.05, 4.69) is 21.2 Å². The van der Waals surface area contributed by atoms with Crippen LogP contribution in [0.15, 0.2) is 53.0 Å². The second kappa shape index (κ2) is 10.0. The molecule has 0 radical (unpaired) electrons. The number of halogens is 2. The fourth-order valence-electron chi connectivity index (χ4n) is 3.64. The van der Waals surface area contributed by atoms with Crippen molar-refractivity contribution in [3.05, 3.63) is 69.9 Å². The van der Waals surface area contributed by atoms with Gasteiger partial charge in [-0.3, -0.25) is 9.59 Å². The SMILES string of the molecule is C[C@H](C(=O)NC1CCCC1)N(Cc1ccc(Br)cc1)C(=O)Cc1ccc(F)cc1. The molecule has 2 aromatic carbocycles. The monoisotopic (exact) mass is 460 g/mol. The van der Waals surface area contributed by atoms with E-state index in [1.165, 1.54) is 12.1 Å². The quantitative estimate of drug-likeness (QED) is 0.655. The molecule has 0 heterocycles. The summed E-state index contributed by atoms with van der Waals surface area (Å²) in [6.45, 7) is 2.11. The summed E-state index contributed by atoms with van der Waals surface area (Å²) >= 11 is 3.42. The molecule has 1 fully saturated rings. The van der Waals surface area contributed by atoms with Gasteiger partial charge in [0.1, 0.15) is 11.9 Å². The number of nitrogens with one attached hydrogen (secondary N) is 1. The summed E-state index contributed by atoms with van der Waals surface area (Å²) < 4.78 is 14.1. The van der Waals surface area contributed by atoms with Crippen LogP contribution in [-0.4, -0.2) is 28.8 Å². The molecule has 2 aromatic rings. The Kier molecular flexibility index (Phi) is 7.42. The van der Waals surface area contributed by atoms with Crippen LogP contribution in [0.25, 0.3) is 0 Å². The van der Waals surface area contributed by atoms with Crippen molar-refractivity contribution < 1.29 is 14.0 Å². The van der Waals surface area contributed by atoms with Crippen molar-refractivity contribution in [2.24, 2.45) is 0 Å². The van der Waals surface area contributed by atoms with Gasteiger partial charge in [0, 0.05) is 17.1 Å². The summed E-state index contributed by atoms with van der Waals surface area (Å²) in [4.78, 5) is 27.5. The van der Waals surface area contributed by atoms with Gasteiger partial charge in [0.2, 0.25) is 11.8 Å². The predicted molar refractivity (Wildman–Crippen MR) is 115 cm³/mol. The average Bonchev–Trinajstić information content (AvgIpc) is 3.21. The van der Waals surface area contributed by atoms with E-state index in [1.807, 2.05) is 24.3 Å². The molecule has 1 aliphatic rings. The van der Waals surface area contributed by atoms with E-state index in [9.17, 15) is 14.0 Å². The Morgan fingerprint density at radius 3 is 2.28 bits per heavy atom. The standard InChI is InChI=1S/C23H26BrFN2O2/c1-16(23(29)26-21-4-2-3-5-21)27(15-18-6-10-19(24)11-7-18)22(28)14-17-8-12-20(25)13-9-17/h6-13,16,21H,2-5,14-15H2,1H3,(H,26,29)/t16-/m1/s1. The molecule has 0 aromatic heterocycles. The largest absolute Gasteiger partial charge is 0.352 e. The van der Waals surface area contributed by atoms with E-state index >= 15 is 0 Å². The van der Waals surface area contributed by atoms with Crippen LogP contribution in [-0.2, 0) is 22.6 Å².